The highest BCUT2D eigenvalue weighted by atomic mass is 35.5. The van der Waals surface area contributed by atoms with Gasteiger partial charge in [-0.3, -0.25) is 0 Å². The van der Waals surface area contributed by atoms with Crippen molar-refractivity contribution >= 4 is 11.6 Å². The van der Waals surface area contributed by atoms with E-state index in [9.17, 15) is 0 Å². The van der Waals surface area contributed by atoms with Crippen LogP contribution in [0.3, 0.4) is 0 Å². The summed E-state index contributed by atoms with van der Waals surface area (Å²) in [4.78, 5) is 16.6. The Labute approximate surface area is 92.4 Å². The number of aryl methyl sites for hydroxylation is 1. The van der Waals surface area contributed by atoms with E-state index in [2.05, 4.69) is 19.9 Å². The Balaban J connectivity index is 2.37. The van der Waals surface area contributed by atoms with Gasteiger partial charge in [0.05, 0.1) is 5.88 Å². The van der Waals surface area contributed by atoms with Crippen molar-refractivity contribution < 1.29 is 0 Å². The van der Waals surface area contributed by atoms with Crippen LogP contribution in [0.25, 0.3) is 11.5 Å². The molecule has 0 radical (unpaired) electrons. The van der Waals surface area contributed by atoms with Crippen LogP contribution in [0.4, 0.5) is 0 Å². The minimum atomic E-state index is 0.420. The molecule has 5 heteroatoms. The monoisotopic (exact) mass is 220 g/mol. The van der Waals surface area contributed by atoms with Crippen LogP contribution in [0.15, 0.2) is 24.7 Å². The molecule has 0 saturated heterocycles. The van der Waals surface area contributed by atoms with Crippen LogP contribution in [0.5, 0.6) is 0 Å². The minimum Gasteiger partial charge on any atom is -0.242 e. The molecular formula is C10H9ClN4. The summed E-state index contributed by atoms with van der Waals surface area (Å²) >= 11 is 5.64. The summed E-state index contributed by atoms with van der Waals surface area (Å²) in [6, 6.07) is 1.78. The molecule has 0 saturated carbocycles. The number of aromatic nitrogens is 4. The van der Waals surface area contributed by atoms with Crippen LogP contribution in [0.1, 0.15) is 11.4 Å². The summed E-state index contributed by atoms with van der Waals surface area (Å²) in [5.74, 6) is 1.72. The molecule has 0 aliphatic rings. The van der Waals surface area contributed by atoms with E-state index in [1.54, 1.807) is 24.7 Å². The molecule has 4 nitrogen and oxygen atoms in total. The van der Waals surface area contributed by atoms with Crippen molar-refractivity contribution in [2.24, 2.45) is 0 Å². The molecule has 0 unspecified atom stereocenters. The third-order valence-corrected chi connectivity index (χ3v) is 2.17. The summed E-state index contributed by atoms with van der Waals surface area (Å²) in [7, 11) is 0. The average Bonchev–Trinajstić information content (AvgIpc) is 2.29. The second kappa shape index (κ2) is 4.31. The largest absolute Gasteiger partial charge is 0.242 e. The normalized spacial score (nSPS) is 10.3. The van der Waals surface area contributed by atoms with Crippen molar-refractivity contribution in [3.8, 4) is 11.5 Å². The fourth-order valence-electron chi connectivity index (χ4n) is 1.14. The van der Waals surface area contributed by atoms with Crippen molar-refractivity contribution in [2.75, 3.05) is 0 Å². The summed E-state index contributed by atoms with van der Waals surface area (Å²) in [6.45, 7) is 1.83. The molecule has 0 fully saturated rings. The molecule has 0 spiro atoms. The van der Waals surface area contributed by atoms with Gasteiger partial charge in [0.2, 0.25) is 0 Å². The van der Waals surface area contributed by atoms with Crippen LogP contribution in [0.2, 0.25) is 0 Å². The molecule has 15 heavy (non-hydrogen) atoms. The zero-order valence-corrected chi connectivity index (χ0v) is 8.94. The van der Waals surface area contributed by atoms with Crippen molar-refractivity contribution in [1.29, 1.82) is 0 Å². The number of halogens is 1. The molecule has 2 heterocycles. The molecule has 0 N–H and O–H groups in total. The highest BCUT2D eigenvalue weighted by molar-refractivity contribution is 6.17. The van der Waals surface area contributed by atoms with Gasteiger partial charge in [0.15, 0.2) is 5.82 Å². The molecule has 2 rings (SSSR count). The summed E-state index contributed by atoms with van der Waals surface area (Å²) in [5, 5.41) is 0. The summed E-state index contributed by atoms with van der Waals surface area (Å²) in [5.41, 5.74) is 1.62. The number of alkyl halides is 1. The molecule has 0 bridgehead atoms. The first kappa shape index (κ1) is 9.98. The maximum atomic E-state index is 5.64. The minimum absolute atomic E-state index is 0.420. The van der Waals surface area contributed by atoms with Crippen LogP contribution < -0.4 is 0 Å². The lowest BCUT2D eigenvalue weighted by Crippen LogP contribution is -1.95. The van der Waals surface area contributed by atoms with E-state index in [0.29, 0.717) is 17.5 Å². The van der Waals surface area contributed by atoms with E-state index < -0.39 is 0 Å². The van der Waals surface area contributed by atoms with Gasteiger partial charge >= 0.3 is 0 Å². The lowest BCUT2D eigenvalue weighted by atomic mass is 10.3. The predicted molar refractivity (Wildman–Crippen MR) is 57.4 cm³/mol. The van der Waals surface area contributed by atoms with Gasteiger partial charge in [-0.05, 0) is 13.0 Å². The van der Waals surface area contributed by atoms with Crippen LogP contribution >= 0.6 is 11.6 Å². The van der Waals surface area contributed by atoms with E-state index in [0.717, 1.165) is 11.3 Å². The molecule has 0 atom stereocenters. The lowest BCUT2D eigenvalue weighted by molar-refractivity contribution is 1.03. The Morgan fingerprint density at radius 3 is 2.53 bits per heavy atom. The van der Waals surface area contributed by atoms with Gasteiger partial charge in [0, 0.05) is 24.2 Å². The van der Waals surface area contributed by atoms with Gasteiger partial charge in [-0.2, -0.15) is 0 Å². The van der Waals surface area contributed by atoms with Gasteiger partial charge in [-0.25, -0.2) is 19.9 Å². The summed E-state index contributed by atoms with van der Waals surface area (Å²) in [6.07, 6.45) is 5.09. The second-order valence-corrected chi connectivity index (χ2v) is 3.30. The van der Waals surface area contributed by atoms with Gasteiger partial charge in [0.1, 0.15) is 11.5 Å². The highest BCUT2D eigenvalue weighted by Crippen LogP contribution is 2.11. The van der Waals surface area contributed by atoms with E-state index in [1.807, 2.05) is 6.92 Å². The van der Waals surface area contributed by atoms with E-state index >= 15 is 0 Å². The first-order valence-electron chi connectivity index (χ1n) is 4.46. The molecule has 0 amide bonds. The molecule has 0 aliphatic carbocycles. The fraction of sp³-hybridized carbons (Fsp3) is 0.200. The maximum Gasteiger partial charge on any atom is 0.178 e. The molecule has 0 aromatic carbocycles. The molecule has 2 aromatic rings. The zero-order chi connectivity index (χ0) is 10.7. The van der Waals surface area contributed by atoms with E-state index in [4.69, 9.17) is 11.6 Å². The van der Waals surface area contributed by atoms with E-state index in [1.165, 1.54) is 0 Å². The number of rotatable bonds is 2. The smallest absolute Gasteiger partial charge is 0.178 e. The van der Waals surface area contributed by atoms with Crippen LogP contribution in [-0.4, -0.2) is 19.9 Å². The fourth-order valence-corrected chi connectivity index (χ4v) is 1.27. The maximum absolute atomic E-state index is 5.64. The number of hydrogen-bond acceptors (Lipinski definition) is 4. The quantitative estimate of drug-likeness (QED) is 0.727. The Morgan fingerprint density at radius 1 is 1.20 bits per heavy atom. The molecule has 0 aliphatic heterocycles. The number of hydrogen-bond donors (Lipinski definition) is 0. The Bertz CT molecular complexity index is 455. The van der Waals surface area contributed by atoms with Crippen molar-refractivity contribution in [1.82, 2.24) is 19.9 Å². The van der Waals surface area contributed by atoms with Gasteiger partial charge in [-0.15, -0.1) is 11.6 Å². The molecular weight excluding hydrogens is 212 g/mol. The van der Waals surface area contributed by atoms with Crippen LogP contribution in [0, 0.1) is 6.92 Å². The molecule has 76 valence electrons. The SMILES string of the molecule is Cc1nccc(-c2ncc(CCl)cn2)n1. The first-order valence-corrected chi connectivity index (χ1v) is 5.00. The van der Waals surface area contributed by atoms with Crippen LogP contribution in [-0.2, 0) is 5.88 Å². The number of nitrogens with zero attached hydrogens (tertiary/aromatic N) is 4. The van der Waals surface area contributed by atoms with Gasteiger partial charge in [-0.1, -0.05) is 0 Å². The predicted octanol–water partition coefficient (Wildman–Crippen LogP) is 1.98. The molecule has 2 aromatic heterocycles. The zero-order valence-electron chi connectivity index (χ0n) is 8.18. The van der Waals surface area contributed by atoms with Gasteiger partial charge < -0.3 is 0 Å². The third-order valence-electron chi connectivity index (χ3n) is 1.86. The highest BCUT2D eigenvalue weighted by Gasteiger charge is 2.02. The average molecular weight is 221 g/mol. The Morgan fingerprint density at radius 2 is 1.93 bits per heavy atom. The summed E-state index contributed by atoms with van der Waals surface area (Å²) < 4.78 is 0. The Hall–Kier alpha value is -1.55. The third kappa shape index (κ3) is 2.27. The lowest BCUT2D eigenvalue weighted by Gasteiger charge is -2.00. The standard InChI is InChI=1S/C10H9ClN4/c1-7-12-3-2-9(15-7)10-13-5-8(4-11)6-14-10/h2-3,5-6H,4H2,1H3. The van der Waals surface area contributed by atoms with Crippen molar-refractivity contribution in [2.45, 2.75) is 12.8 Å². The first-order chi connectivity index (χ1) is 7.29. The Kier molecular flexibility index (Phi) is 2.87. The van der Waals surface area contributed by atoms with E-state index in [-0.39, 0.29) is 0 Å². The second-order valence-electron chi connectivity index (χ2n) is 3.04. The van der Waals surface area contributed by atoms with Crippen molar-refractivity contribution in [3.05, 3.63) is 36.0 Å². The van der Waals surface area contributed by atoms with Gasteiger partial charge in [0.25, 0.3) is 0 Å². The van der Waals surface area contributed by atoms with Crippen molar-refractivity contribution in [3.63, 3.8) is 0 Å². The topological polar surface area (TPSA) is 51.6 Å².